The summed E-state index contributed by atoms with van der Waals surface area (Å²) >= 11 is 3.36. The van der Waals surface area contributed by atoms with Crippen LogP contribution in [-0.4, -0.2) is 44.7 Å². The molecule has 4 heteroatoms. The molecule has 0 heterocycles. The zero-order valence-corrected chi connectivity index (χ0v) is 12.2. The Morgan fingerprint density at radius 3 is 2.65 bits per heavy atom. The van der Waals surface area contributed by atoms with Crippen LogP contribution in [0.3, 0.4) is 0 Å². The molecule has 0 saturated heterocycles. The van der Waals surface area contributed by atoms with Crippen molar-refractivity contribution in [2.75, 3.05) is 34.3 Å². The third kappa shape index (κ3) is 5.33. The molecule has 0 saturated carbocycles. The number of halogens is 1. The lowest BCUT2D eigenvalue weighted by atomic mass is 10.1. The highest BCUT2D eigenvalue weighted by Crippen LogP contribution is 2.10. The van der Waals surface area contributed by atoms with Gasteiger partial charge in [0.25, 0.3) is 0 Å². The zero-order valence-electron chi connectivity index (χ0n) is 10.6. The smallest absolute Gasteiger partial charge is 0.338 e. The van der Waals surface area contributed by atoms with E-state index < -0.39 is 0 Å². The van der Waals surface area contributed by atoms with Crippen molar-refractivity contribution in [1.82, 2.24) is 0 Å². The number of esters is 1. The molecule has 0 aromatic heterocycles. The van der Waals surface area contributed by atoms with E-state index in [4.69, 9.17) is 4.74 Å². The van der Waals surface area contributed by atoms with E-state index in [2.05, 4.69) is 37.1 Å². The molecule has 3 nitrogen and oxygen atoms in total. The number of carbonyl (C=O) groups is 1. The summed E-state index contributed by atoms with van der Waals surface area (Å²) < 4.78 is 6.02. The molecule has 0 fully saturated rings. The van der Waals surface area contributed by atoms with Crippen LogP contribution in [0.15, 0.2) is 24.3 Å². The number of benzene rings is 1. The Bertz CT molecular complexity index is 385. The topological polar surface area (TPSA) is 26.3 Å². The minimum atomic E-state index is -0.249. The summed E-state index contributed by atoms with van der Waals surface area (Å²) in [6, 6.07) is 7.47. The highest BCUT2D eigenvalue weighted by molar-refractivity contribution is 9.08. The number of nitrogens with zero attached hydrogens (tertiary/aromatic N) is 1. The van der Waals surface area contributed by atoms with E-state index in [9.17, 15) is 4.79 Å². The van der Waals surface area contributed by atoms with Gasteiger partial charge in [0.15, 0.2) is 0 Å². The van der Waals surface area contributed by atoms with Crippen molar-refractivity contribution in [3.63, 3.8) is 0 Å². The van der Waals surface area contributed by atoms with Crippen molar-refractivity contribution < 1.29 is 14.0 Å². The Morgan fingerprint density at radius 2 is 2.06 bits per heavy atom. The van der Waals surface area contributed by atoms with Crippen LogP contribution in [0.5, 0.6) is 0 Å². The maximum absolute atomic E-state index is 11.8. The fraction of sp³-hybridized carbons (Fsp3) is 0.462. The van der Waals surface area contributed by atoms with Crippen molar-refractivity contribution in [2.45, 2.75) is 5.33 Å². The van der Waals surface area contributed by atoms with Gasteiger partial charge in [-0.05, 0) is 17.7 Å². The molecule has 0 unspecified atom stereocenters. The first-order valence-electron chi connectivity index (χ1n) is 5.55. The van der Waals surface area contributed by atoms with Gasteiger partial charge >= 0.3 is 5.97 Å². The molecule has 0 aliphatic heterocycles. The largest absolute Gasteiger partial charge is 0.456 e. The monoisotopic (exact) mass is 300 g/mol. The normalized spacial score (nSPS) is 11.3. The second-order valence-corrected chi connectivity index (χ2v) is 5.54. The minimum Gasteiger partial charge on any atom is -0.456 e. The van der Waals surface area contributed by atoms with Crippen LogP contribution in [0, 0.1) is 0 Å². The van der Waals surface area contributed by atoms with Gasteiger partial charge in [0, 0.05) is 5.33 Å². The molecule has 0 atom stereocenters. The first-order chi connectivity index (χ1) is 7.92. The standard InChI is InChI=1S/C13H19BrNO2/c1-15(2,3)7-8-17-13(16)12-6-4-5-11(9-12)10-14/h4-6,9H,7-8,10H2,1-3H3/q+1. The van der Waals surface area contributed by atoms with Gasteiger partial charge in [0.05, 0.1) is 26.7 Å². The minimum absolute atomic E-state index is 0.249. The molecule has 0 spiro atoms. The van der Waals surface area contributed by atoms with Crippen LogP contribution in [-0.2, 0) is 10.1 Å². The third-order valence-corrected chi connectivity index (χ3v) is 2.96. The molecule has 0 bridgehead atoms. The molecule has 0 radical (unpaired) electrons. The van der Waals surface area contributed by atoms with E-state index in [0.717, 1.165) is 21.9 Å². The van der Waals surface area contributed by atoms with Crippen LogP contribution in [0.2, 0.25) is 0 Å². The predicted octanol–water partition coefficient (Wildman–Crippen LogP) is 2.44. The Hall–Kier alpha value is -0.870. The van der Waals surface area contributed by atoms with Gasteiger partial charge in [-0.15, -0.1) is 0 Å². The fourth-order valence-corrected chi connectivity index (χ4v) is 1.63. The van der Waals surface area contributed by atoms with E-state index in [-0.39, 0.29) is 5.97 Å². The fourth-order valence-electron chi connectivity index (χ4n) is 1.28. The van der Waals surface area contributed by atoms with Crippen molar-refractivity contribution in [3.8, 4) is 0 Å². The van der Waals surface area contributed by atoms with Gasteiger partial charge in [-0.25, -0.2) is 4.79 Å². The lowest BCUT2D eigenvalue weighted by Gasteiger charge is -2.23. The van der Waals surface area contributed by atoms with Crippen LogP contribution in [0.4, 0.5) is 0 Å². The summed E-state index contributed by atoms with van der Waals surface area (Å²) in [5, 5.41) is 0.743. The quantitative estimate of drug-likeness (QED) is 0.474. The highest BCUT2D eigenvalue weighted by atomic mass is 79.9. The van der Waals surface area contributed by atoms with E-state index in [1.54, 1.807) is 6.07 Å². The van der Waals surface area contributed by atoms with Gasteiger partial charge in [0.2, 0.25) is 0 Å². The van der Waals surface area contributed by atoms with Gasteiger partial charge in [0.1, 0.15) is 13.2 Å². The van der Waals surface area contributed by atoms with Crippen molar-refractivity contribution in [1.29, 1.82) is 0 Å². The van der Waals surface area contributed by atoms with Crippen LogP contribution >= 0.6 is 15.9 Å². The number of rotatable bonds is 5. The van der Waals surface area contributed by atoms with E-state index >= 15 is 0 Å². The molecule has 1 aromatic carbocycles. The molecule has 1 rings (SSSR count). The molecular weight excluding hydrogens is 282 g/mol. The first-order valence-corrected chi connectivity index (χ1v) is 6.67. The van der Waals surface area contributed by atoms with Crippen LogP contribution < -0.4 is 0 Å². The lowest BCUT2D eigenvalue weighted by Crippen LogP contribution is -2.38. The summed E-state index contributed by atoms with van der Waals surface area (Å²) in [5.41, 5.74) is 1.69. The number of alkyl halides is 1. The van der Waals surface area contributed by atoms with Crippen LogP contribution in [0.1, 0.15) is 15.9 Å². The lowest BCUT2D eigenvalue weighted by molar-refractivity contribution is -0.870. The first kappa shape index (κ1) is 14.2. The third-order valence-electron chi connectivity index (χ3n) is 2.31. The zero-order chi connectivity index (χ0) is 12.9. The summed E-state index contributed by atoms with van der Waals surface area (Å²) in [6.07, 6.45) is 0. The Kier molecular flexibility index (Phi) is 5.15. The number of hydrogen-bond acceptors (Lipinski definition) is 2. The molecule has 94 valence electrons. The summed E-state index contributed by atoms with van der Waals surface area (Å²) in [4.78, 5) is 11.8. The molecule has 0 aliphatic carbocycles. The second-order valence-electron chi connectivity index (χ2n) is 4.98. The van der Waals surface area contributed by atoms with Crippen molar-refractivity contribution in [3.05, 3.63) is 35.4 Å². The van der Waals surface area contributed by atoms with Gasteiger partial charge in [-0.1, -0.05) is 28.1 Å². The molecule has 1 aromatic rings. The Balaban J connectivity index is 2.52. The summed E-state index contributed by atoms with van der Waals surface area (Å²) in [7, 11) is 6.21. The second kappa shape index (κ2) is 6.17. The van der Waals surface area contributed by atoms with Gasteiger partial charge in [-0.2, -0.15) is 0 Å². The molecule has 0 amide bonds. The van der Waals surface area contributed by atoms with E-state index in [1.807, 2.05) is 18.2 Å². The number of ether oxygens (including phenoxy) is 1. The maximum atomic E-state index is 11.8. The summed E-state index contributed by atoms with van der Waals surface area (Å²) in [6.45, 7) is 1.25. The van der Waals surface area contributed by atoms with Crippen molar-refractivity contribution in [2.24, 2.45) is 0 Å². The highest BCUT2D eigenvalue weighted by Gasteiger charge is 2.11. The Labute approximate surface area is 111 Å². The SMILES string of the molecule is C[N+](C)(C)CCOC(=O)c1cccc(CBr)c1. The number of likely N-dealkylation sites (N-methyl/N-ethyl adjacent to an activating group) is 1. The molecule has 0 aliphatic rings. The van der Waals surface area contributed by atoms with Crippen LogP contribution in [0.25, 0.3) is 0 Å². The number of quaternary nitrogens is 1. The predicted molar refractivity (Wildman–Crippen MR) is 72.3 cm³/mol. The van der Waals surface area contributed by atoms with Crippen molar-refractivity contribution >= 4 is 21.9 Å². The molecule has 17 heavy (non-hydrogen) atoms. The van der Waals surface area contributed by atoms with E-state index in [1.165, 1.54) is 0 Å². The molecule has 0 N–H and O–H groups in total. The number of hydrogen-bond donors (Lipinski definition) is 0. The van der Waals surface area contributed by atoms with Gasteiger partial charge in [-0.3, -0.25) is 0 Å². The number of carbonyl (C=O) groups excluding carboxylic acids is 1. The average molecular weight is 301 g/mol. The maximum Gasteiger partial charge on any atom is 0.338 e. The molecular formula is C13H19BrNO2+. The van der Waals surface area contributed by atoms with E-state index in [0.29, 0.717) is 12.2 Å². The average Bonchev–Trinajstić information content (AvgIpc) is 2.27. The Morgan fingerprint density at radius 1 is 1.35 bits per heavy atom. The van der Waals surface area contributed by atoms with Gasteiger partial charge < -0.3 is 9.22 Å². The summed E-state index contributed by atoms with van der Waals surface area (Å²) in [5.74, 6) is -0.249.